The highest BCUT2D eigenvalue weighted by Gasteiger charge is 2.13. The van der Waals surface area contributed by atoms with Gasteiger partial charge in [0.25, 0.3) is 11.6 Å². The molecule has 0 radical (unpaired) electrons. The fraction of sp³-hybridized carbons (Fsp3) is 0.0476. The second-order valence-electron chi connectivity index (χ2n) is 6.27. The molecule has 0 atom stereocenters. The number of nitrogens with zero attached hydrogens (tertiary/aromatic N) is 2. The summed E-state index contributed by atoms with van der Waals surface area (Å²) in [7, 11) is 0. The third-order valence-electron chi connectivity index (χ3n) is 4.20. The van der Waals surface area contributed by atoms with Gasteiger partial charge in [0.15, 0.2) is 12.2 Å². The van der Waals surface area contributed by atoms with Crippen LogP contribution in [0.5, 0.6) is 5.75 Å². The number of carbonyl (C=O) groups excluding carboxylic acids is 1. The molecule has 0 bridgehead atoms. The molecule has 150 valence electrons. The zero-order chi connectivity index (χ0) is 21.1. The monoisotopic (exact) mass is 423 g/mol. The van der Waals surface area contributed by atoms with Gasteiger partial charge in [-0.3, -0.25) is 14.9 Å². The van der Waals surface area contributed by atoms with Gasteiger partial charge >= 0.3 is 0 Å². The minimum absolute atomic E-state index is 0.0606. The average molecular weight is 424 g/mol. The zero-order valence-electron chi connectivity index (χ0n) is 15.4. The third-order valence-corrected chi connectivity index (χ3v) is 4.53. The molecule has 4 rings (SSSR count). The number of carbonyl (C=O) groups is 1. The highest BCUT2D eigenvalue weighted by molar-refractivity contribution is 6.33. The molecule has 0 unspecified atom stereocenters. The lowest BCUT2D eigenvalue weighted by Gasteiger charge is -2.09. The third kappa shape index (κ3) is 4.23. The van der Waals surface area contributed by atoms with Crippen molar-refractivity contribution in [1.82, 2.24) is 4.98 Å². The van der Waals surface area contributed by atoms with E-state index in [4.69, 9.17) is 20.8 Å². The number of hydrogen-bond acceptors (Lipinski definition) is 6. The Kier molecular flexibility index (Phi) is 5.32. The van der Waals surface area contributed by atoms with Gasteiger partial charge < -0.3 is 14.5 Å². The second-order valence-corrected chi connectivity index (χ2v) is 6.68. The van der Waals surface area contributed by atoms with Gasteiger partial charge in [0, 0.05) is 17.7 Å². The number of hydrogen-bond donors (Lipinski definition) is 1. The molecule has 30 heavy (non-hydrogen) atoms. The van der Waals surface area contributed by atoms with E-state index in [9.17, 15) is 14.9 Å². The normalized spacial score (nSPS) is 10.7. The Hall–Kier alpha value is -3.91. The van der Waals surface area contributed by atoms with E-state index >= 15 is 0 Å². The zero-order valence-corrected chi connectivity index (χ0v) is 16.1. The Bertz CT molecular complexity index is 1200. The lowest BCUT2D eigenvalue weighted by molar-refractivity contribution is -0.384. The summed E-state index contributed by atoms with van der Waals surface area (Å²) in [6.07, 6.45) is 0. The Morgan fingerprint density at radius 1 is 1.13 bits per heavy atom. The van der Waals surface area contributed by atoms with Crippen LogP contribution in [0, 0.1) is 10.1 Å². The van der Waals surface area contributed by atoms with Crippen LogP contribution in [0.4, 0.5) is 11.4 Å². The number of oxazole rings is 1. The number of nitro groups is 1. The molecule has 1 heterocycles. The standard InChI is InChI=1S/C21H14ClN3O5/c22-16-10-5-13(21-24-17-3-1-2-4-19(17)30-21)11-18(16)23-20(26)12-29-15-8-6-14(7-9-15)25(27)28/h1-11H,12H2,(H,23,26). The van der Waals surface area contributed by atoms with Crippen LogP contribution in [0.2, 0.25) is 5.02 Å². The first-order valence-corrected chi connectivity index (χ1v) is 9.20. The molecule has 0 aliphatic carbocycles. The molecule has 3 aromatic carbocycles. The smallest absolute Gasteiger partial charge is 0.269 e. The number of nitrogens with one attached hydrogen (secondary N) is 1. The van der Waals surface area contributed by atoms with Crippen molar-refractivity contribution in [1.29, 1.82) is 0 Å². The van der Waals surface area contributed by atoms with E-state index in [1.54, 1.807) is 18.2 Å². The van der Waals surface area contributed by atoms with Gasteiger partial charge in [0.2, 0.25) is 5.89 Å². The fourth-order valence-corrected chi connectivity index (χ4v) is 2.91. The summed E-state index contributed by atoms with van der Waals surface area (Å²) in [5, 5.41) is 13.7. The number of ether oxygens (including phenoxy) is 1. The first-order chi connectivity index (χ1) is 14.5. The van der Waals surface area contributed by atoms with E-state index in [1.807, 2.05) is 24.3 Å². The summed E-state index contributed by atoms with van der Waals surface area (Å²) >= 11 is 6.20. The molecule has 1 amide bonds. The second kappa shape index (κ2) is 8.22. The van der Waals surface area contributed by atoms with Crippen LogP contribution < -0.4 is 10.1 Å². The lowest BCUT2D eigenvalue weighted by Crippen LogP contribution is -2.20. The van der Waals surface area contributed by atoms with Gasteiger partial charge in [0.05, 0.1) is 15.6 Å². The predicted molar refractivity (Wildman–Crippen MR) is 112 cm³/mol. The minimum atomic E-state index is -0.512. The minimum Gasteiger partial charge on any atom is -0.484 e. The molecule has 0 saturated heterocycles. The topological polar surface area (TPSA) is 108 Å². The number of amides is 1. The molecule has 0 aliphatic heterocycles. The van der Waals surface area contributed by atoms with Crippen molar-refractivity contribution in [3.05, 3.63) is 81.9 Å². The lowest BCUT2D eigenvalue weighted by atomic mass is 10.2. The molecule has 1 N–H and O–H groups in total. The van der Waals surface area contributed by atoms with Crippen LogP contribution in [-0.2, 0) is 4.79 Å². The van der Waals surface area contributed by atoms with E-state index < -0.39 is 10.8 Å². The number of benzene rings is 3. The van der Waals surface area contributed by atoms with Gasteiger partial charge in [0.1, 0.15) is 11.3 Å². The van der Waals surface area contributed by atoms with E-state index in [0.29, 0.717) is 33.5 Å². The maximum Gasteiger partial charge on any atom is 0.269 e. The number of para-hydroxylation sites is 2. The molecule has 0 fully saturated rings. The number of aromatic nitrogens is 1. The summed E-state index contributed by atoms with van der Waals surface area (Å²) in [4.78, 5) is 26.9. The fourth-order valence-electron chi connectivity index (χ4n) is 2.75. The van der Waals surface area contributed by atoms with E-state index in [1.165, 1.54) is 24.3 Å². The number of non-ortho nitro benzene ring substituents is 1. The predicted octanol–water partition coefficient (Wildman–Crippen LogP) is 5.07. The van der Waals surface area contributed by atoms with Crippen LogP contribution in [0.3, 0.4) is 0 Å². The SMILES string of the molecule is O=C(COc1ccc([N+](=O)[O-])cc1)Nc1cc(-c2nc3ccccc3o2)ccc1Cl. The molecule has 9 heteroatoms. The van der Waals surface area contributed by atoms with E-state index in [2.05, 4.69) is 10.3 Å². The molecule has 1 aromatic heterocycles. The van der Waals surface area contributed by atoms with Crippen LogP contribution in [0.15, 0.2) is 71.1 Å². The highest BCUT2D eigenvalue weighted by atomic mass is 35.5. The summed E-state index contributed by atoms with van der Waals surface area (Å²) in [5.74, 6) is 0.303. The van der Waals surface area contributed by atoms with Crippen molar-refractivity contribution in [3.63, 3.8) is 0 Å². The number of anilines is 1. The molecule has 0 aliphatic rings. The van der Waals surface area contributed by atoms with Gasteiger partial charge in [-0.05, 0) is 42.5 Å². The van der Waals surface area contributed by atoms with Crippen LogP contribution in [-0.4, -0.2) is 22.4 Å². The van der Waals surface area contributed by atoms with Crippen molar-refractivity contribution in [2.75, 3.05) is 11.9 Å². The molecule has 0 saturated carbocycles. The summed E-state index contributed by atoms with van der Waals surface area (Å²) in [6, 6.07) is 17.9. The van der Waals surface area contributed by atoms with Crippen molar-refractivity contribution in [2.45, 2.75) is 0 Å². The Morgan fingerprint density at radius 2 is 1.90 bits per heavy atom. The molecule has 4 aromatic rings. The van der Waals surface area contributed by atoms with Gasteiger partial charge in [-0.1, -0.05) is 23.7 Å². The van der Waals surface area contributed by atoms with E-state index in [-0.39, 0.29) is 12.3 Å². The number of halogens is 1. The molecular weight excluding hydrogens is 410 g/mol. The van der Waals surface area contributed by atoms with E-state index in [0.717, 1.165) is 5.52 Å². The first-order valence-electron chi connectivity index (χ1n) is 8.82. The number of rotatable bonds is 6. The molecular formula is C21H14ClN3O5. The molecule has 8 nitrogen and oxygen atoms in total. The summed E-state index contributed by atoms with van der Waals surface area (Å²) < 4.78 is 11.1. The van der Waals surface area contributed by atoms with Gasteiger partial charge in [-0.15, -0.1) is 0 Å². The number of nitro benzene ring substituents is 1. The quantitative estimate of drug-likeness (QED) is 0.342. The Labute approximate surface area is 175 Å². The maximum atomic E-state index is 12.3. The Morgan fingerprint density at radius 3 is 2.63 bits per heavy atom. The van der Waals surface area contributed by atoms with Gasteiger partial charge in [-0.2, -0.15) is 0 Å². The maximum absolute atomic E-state index is 12.3. The highest BCUT2D eigenvalue weighted by Crippen LogP contribution is 2.30. The first kappa shape index (κ1) is 19.4. The van der Waals surface area contributed by atoms with Crippen molar-refractivity contribution >= 4 is 40.0 Å². The van der Waals surface area contributed by atoms with Crippen LogP contribution in [0.1, 0.15) is 0 Å². The van der Waals surface area contributed by atoms with Crippen molar-refractivity contribution in [3.8, 4) is 17.2 Å². The van der Waals surface area contributed by atoms with Crippen molar-refractivity contribution in [2.24, 2.45) is 0 Å². The summed E-state index contributed by atoms with van der Waals surface area (Å²) in [5.41, 5.74) is 2.36. The summed E-state index contributed by atoms with van der Waals surface area (Å²) in [6.45, 7) is -0.290. The Balaban J connectivity index is 1.45. The van der Waals surface area contributed by atoms with Crippen LogP contribution in [0.25, 0.3) is 22.6 Å². The van der Waals surface area contributed by atoms with Crippen molar-refractivity contribution < 1.29 is 18.9 Å². The number of fused-ring (bicyclic) bond motifs is 1. The average Bonchev–Trinajstić information content (AvgIpc) is 3.18. The molecule has 0 spiro atoms. The van der Waals surface area contributed by atoms with Gasteiger partial charge in [-0.25, -0.2) is 4.98 Å². The van der Waals surface area contributed by atoms with Crippen LogP contribution >= 0.6 is 11.6 Å². The largest absolute Gasteiger partial charge is 0.484 e.